The number of anilines is 1. The number of thiophene rings is 1. The molecular formula is C30H26FN7OS. The van der Waals surface area contributed by atoms with Gasteiger partial charge in [-0.05, 0) is 79.9 Å². The van der Waals surface area contributed by atoms with E-state index in [-0.39, 0.29) is 11.0 Å². The molecule has 40 heavy (non-hydrogen) atoms. The third-order valence-corrected chi connectivity index (χ3v) is 8.34. The van der Waals surface area contributed by atoms with Crippen molar-refractivity contribution in [3.63, 3.8) is 0 Å². The van der Waals surface area contributed by atoms with Crippen molar-refractivity contribution in [3.8, 4) is 33.1 Å². The molecule has 7 rings (SSSR count). The quantitative estimate of drug-likeness (QED) is 0.192. The number of pyridine rings is 2. The molecule has 6 heterocycles. The Balaban J connectivity index is 1.19. The van der Waals surface area contributed by atoms with Gasteiger partial charge in [0.15, 0.2) is 5.13 Å². The largest absolute Gasteiger partial charge is 0.353 e. The van der Waals surface area contributed by atoms with Crippen LogP contribution in [0.2, 0.25) is 0 Å². The van der Waals surface area contributed by atoms with Crippen LogP contribution in [0.1, 0.15) is 19.3 Å². The number of carbonyl (C=O) groups is 1. The molecule has 0 bridgehead atoms. The Hall–Kier alpha value is -4.41. The average molecular weight is 552 g/mol. The van der Waals surface area contributed by atoms with Crippen LogP contribution in [0.4, 0.5) is 10.1 Å². The molecule has 10 heteroatoms. The fraction of sp³-hybridized carbons (Fsp3) is 0.200. The lowest BCUT2D eigenvalue weighted by Crippen LogP contribution is -2.30. The lowest BCUT2D eigenvalue weighted by atomic mass is 9.94. The molecule has 8 nitrogen and oxygen atoms in total. The number of benzene rings is 1. The second kappa shape index (κ2) is 10.3. The maximum Gasteiger partial charge on any atom is 0.224 e. The monoisotopic (exact) mass is 551 g/mol. The van der Waals surface area contributed by atoms with Crippen molar-refractivity contribution in [2.45, 2.75) is 19.3 Å². The van der Waals surface area contributed by atoms with Gasteiger partial charge in [0.05, 0.1) is 33.7 Å². The molecule has 200 valence electrons. The third-order valence-electron chi connectivity index (χ3n) is 7.46. The highest BCUT2D eigenvalue weighted by atomic mass is 32.1. The summed E-state index contributed by atoms with van der Waals surface area (Å²) < 4.78 is 13.7. The van der Waals surface area contributed by atoms with Crippen LogP contribution in [-0.2, 0) is 4.79 Å². The second-order valence-electron chi connectivity index (χ2n) is 10.1. The molecular weight excluding hydrogens is 525 g/mol. The minimum absolute atomic E-state index is 0.0244. The summed E-state index contributed by atoms with van der Waals surface area (Å²) in [6.45, 7) is 1.94. The van der Waals surface area contributed by atoms with Crippen LogP contribution in [0.5, 0.6) is 0 Å². The molecule has 0 radical (unpaired) electrons. The fourth-order valence-corrected chi connectivity index (χ4v) is 6.19. The molecule has 0 spiro atoms. The predicted molar refractivity (Wildman–Crippen MR) is 157 cm³/mol. The van der Waals surface area contributed by atoms with Crippen molar-refractivity contribution in [3.05, 3.63) is 72.3 Å². The Morgan fingerprint density at radius 1 is 0.975 bits per heavy atom. The molecule has 1 aliphatic heterocycles. The summed E-state index contributed by atoms with van der Waals surface area (Å²) >= 11 is 1.08. The van der Waals surface area contributed by atoms with Crippen LogP contribution in [0.15, 0.2) is 67.1 Å². The summed E-state index contributed by atoms with van der Waals surface area (Å²) in [7, 11) is 0. The van der Waals surface area contributed by atoms with Gasteiger partial charge in [-0.2, -0.15) is 9.49 Å². The Bertz CT molecular complexity index is 1850. The first-order valence-electron chi connectivity index (χ1n) is 13.3. The van der Waals surface area contributed by atoms with Crippen LogP contribution in [0, 0.1) is 11.0 Å². The zero-order chi connectivity index (χ0) is 27.1. The van der Waals surface area contributed by atoms with Gasteiger partial charge in [0, 0.05) is 40.7 Å². The molecule has 0 saturated carbocycles. The highest BCUT2D eigenvalue weighted by molar-refractivity contribution is 7.13. The number of halogens is 1. The van der Waals surface area contributed by atoms with E-state index in [1.807, 2.05) is 30.3 Å². The van der Waals surface area contributed by atoms with E-state index in [0.717, 1.165) is 92.2 Å². The maximum atomic E-state index is 13.7. The summed E-state index contributed by atoms with van der Waals surface area (Å²) in [6, 6.07) is 15.2. The Morgan fingerprint density at radius 2 is 1.85 bits per heavy atom. The lowest BCUT2D eigenvalue weighted by Gasteiger charge is -2.21. The summed E-state index contributed by atoms with van der Waals surface area (Å²) in [5.41, 5.74) is 6.69. The first-order valence-corrected chi connectivity index (χ1v) is 14.1. The zero-order valence-electron chi connectivity index (χ0n) is 21.5. The molecule has 0 atom stereocenters. The molecule has 1 aliphatic rings. The topological polar surface area (TPSA) is 111 Å². The summed E-state index contributed by atoms with van der Waals surface area (Å²) in [6.07, 6.45) is 7.78. The highest BCUT2D eigenvalue weighted by Gasteiger charge is 2.18. The Kier molecular flexibility index (Phi) is 6.33. The second-order valence-corrected chi connectivity index (χ2v) is 11.2. The number of amides is 1. The zero-order valence-corrected chi connectivity index (χ0v) is 22.3. The minimum atomic E-state index is -0.240. The SMILES string of the molecule is O=C(CC1CCNCC1)Nc1cncc(-c2ccc3[nH]nc(-c4cc5c(-c6ccc(F)s6)nccc5[nH]4)c3c2)c1. The first-order chi connectivity index (χ1) is 19.6. The van der Waals surface area contributed by atoms with Gasteiger partial charge in [-0.25, -0.2) is 0 Å². The number of fused-ring (bicyclic) bond motifs is 2. The van der Waals surface area contributed by atoms with E-state index in [9.17, 15) is 9.18 Å². The van der Waals surface area contributed by atoms with Gasteiger partial charge in [-0.3, -0.25) is 19.9 Å². The van der Waals surface area contributed by atoms with Gasteiger partial charge in [0.25, 0.3) is 0 Å². The van der Waals surface area contributed by atoms with Crippen molar-refractivity contribution in [1.82, 2.24) is 30.5 Å². The number of nitrogens with zero attached hydrogens (tertiary/aromatic N) is 3. The van der Waals surface area contributed by atoms with E-state index in [1.54, 1.807) is 24.7 Å². The normalized spacial score (nSPS) is 14.2. The number of hydrogen-bond donors (Lipinski definition) is 4. The van der Waals surface area contributed by atoms with Crippen molar-refractivity contribution in [2.24, 2.45) is 5.92 Å². The first kappa shape index (κ1) is 24.6. The molecule has 0 aliphatic carbocycles. The van der Waals surface area contributed by atoms with Crippen LogP contribution >= 0.6 is 11.3 Å². The van der Waals surface area contributed by atoms with Gasteiger partial charge in [-0.1, -0.05) is 6.07 Å². The number of hydrogen-bond acceptors (Lipinski definition) is 6. The summed E-state index contributed by atoms with van der Waals surface area (Å²) in [4.78, 5) is 25.8. The van der Waals surface area contributed by atoms with E-state index in [1.165, 1.54) is 6.07 Å². The molecule has 4 N–H and O–H groups in total. The number of nitrogens with one attached hydrogen (secondary N) is 4. The van der Waals surface area contributed by atoms with E-state index >= 15 is 0 Å². The number of aromatic nitrogens is 5. The molecule has 1 amide bonds. The number of carbonyl (C=O) groups excluding carboxylic acids is 1. The van der Waals surface area contributed by atoms with Crippen molar-refractivity contribution in [2.75, 3.05) is 18.4 Å². The van der Waals surface area contributed by atoms with Crippen LogP contribution in [0.3, 0.4) is 0 Å². The van der Waals surface area contributed by atoms with Gasteiger partial charge < -0.3 is 15.6 Å². The highest BCUT2D eigenvalue weighted by Crippen LogP contribution is 2.36. The predicted octanol–water partition coefficient (Wildman–Crippen LogP) is 6.36. The Morgan fingerprint density at radius 3 is 2.70 bits per heavy atom. The van der Waals surface area contributed by atoms with Crippen LogP contribution < -0.4 is 10.6 Å². The standard InChI is InChI=1S/C30H26FN7OS/c31-27-4-3-26(40-27)30-22-14-25(36-23(22)7-10-34-30)29-21-13-18(1-2-24(21)37-38-29)19-12-20(16-33-15-19)35-28(39)11-17-5-8-32-9-6-17/h1-4,7,10,12-17,32,36H,5-6,8-9,11H2,(H,35,39)(H,37,38). The van der Waals surface area contributed by atoms with Gasteiger partial charge in [0.2, 0.25) is 5.91 Å². The van der Waals surface area contributed by atoms with Crippen molar-refractivity contribution in [1.29, 1.82) is 0 Å². The molecule has 6 aromatic rings. The third kappa shape index (κ3) is 4.76. The van der Waals surface area contributed by atoms with Crippen LogP contribution in [0.25, 0.3) is 54.9 Å². The average Bonchev–Trinajstić information content (AvgIpc) is 3.71. The summed E-state index contributed by atoms with van der Waals surface area (Å²) in [5, 5.41) is 15.7. The van der Waals surface area contributed by atoms with Gasteiger partial charge >= 0.3 is 0 Å². The van der Waals surface area contributed by atoms with Crippen molar-refractivity contribution < 1.29 is 9.18 Å². The number of piperidine rings is 1. The van der Waals surface area contributed by atoms with E-state index in [2.05, 4.69) is 41.8 Å². The van der Waals surface area contributed by atoms with E-state index in [0.29, 0.717) is 18.0 Å². The number of H-pyrrole nitrogens is 2. The number of rotatable bonds is 6. The Labute approximate surface area is 233 Å². The van der Waals surface area contributed by atoms with Gasteiger partial charge in [-0.15, -0.1) is 11.3 Å². The molecule has 1 fully saturated rings. The molecule has 5 aromatic heterocycles. The smallest absolute Gasteiger partial charge is 0.224 e. The lowest BCUT2D eigenvalue weighted by molar-refractivity contribution is -0.117. The molecule has 0 unspecified atom stereocenters. The molecule has 1 saturated heterocycles. The summed E-state index contributed by atoms with van der Waals surface area (Å²) in [5.74, 6) is 0.443. The fourth-order valence-electron chi connectivity index (χ4n) is 5.44. The maximum absolute atomic E-state index is 13.7. The van der Waals surface area contributed by atoms with E-state index in [4.69, 9.17) is 0 Å². The molecule has 1 aromatic carbocycles. The number of aromatic amines is 2. The van der Waals surface area contributed by atoms with Gasteiger partial charge in [0.1, 0.15) is 5.69 Å². The van der Waals surface area contributed by atoms with E-state index < -0.39 is 0 Å². The minimum Gasteiger partial charge on any atom is -0.353 e. The van der Waals surface area contributed by atoms with Crippen LogP contribution in [-0.4, -0.2) is 44.1 Å². The van der Waals surface area contributed by atoms with Crippen molar-refractivity contribution >= 4 is 44.7 Å².